The van der Waals surface area contributed by atoms with Crippen molar-refractivity contribution in [1.29, 1.82) is 0 Å². The Balaban J connectivity index is 2.44. The zero-order valence-electron chi connectivity index (χ0n) is 9.95. The van der Waals surface area contributed by atoms with Gasteiger partial charge < -0.3 is 5.73 Å². The van der Waals surface area contributed by atoms with Gasteiger partial charge in [0.25, 0.3) is 10.0 Å². The molecule has 0 atom stereocenters. The van der Waals surface area contributed by atoms with Gasteiger partial charge in [0.1, 0.15) is 9.88 Å². The fourth-order valence-corrected chi connectivity index (χ4v) is 3.06. The molecule has 2 aromatic rings. The van der Waals surface area contributed by atoms with E-state index in [4.69, 9.17) is 29.6 Å². The molecule has 0 aliphatic heterocycles. The number of aromatic nitrogens is 2. The number of hydrogen-bond donors (Lipinski definition) is 2. The van der Waals surface area contributed by atoms with E-state index in [-0.39, 0.29) is 20.7 Å². The molecule has 0 aliphatic rings. The summed E-state index contributed by atoms with van der Waals surface area (Å²) in [6.45, 7) is 0. The van der Waals surface area contributed by atoms with Crippen LogP contribution in [0, 0.1) is 0 Å². The lowest BCUT2D eigenvalue weighted by Crippen LogP contribution is -2.16. The maximum absolute atomic E-state index is 12.2. The van der Waals surface area contributed by atoms with Crippen LogP contribution < -0.4 is 10.5 Å². The van der Waals surface area contributed by atoms with Gasteiger partial charge in [-0.1, -0.05) is 29.9 Å². The predicted molar refractivity (Wildman–Crippen MR) is 80.2 cm³/mol. The Kier molecular flexibility index (Phi) is 4.17. The number of rotatable bonds is 4. The van der Waals surface area contributed by atoms with Gasteiger partial charge in [-0.3, -0.25) is 4.72 Å². The molecule has 0 unspecified atom stereocenters. The molecule has 0 spiro atoms. The van der Waals surface area contributed by atoms with Crippen LogP contribution in [0.5, 0.6) is 0 Å². The van der Waals surface area contributed by atoms with Crippen LogP contribution in [0.1, 0.15) is 5.56 Å². The minimum Gasteiger partial charge on any atom is -0.389 e. The van der Waals surface area contributed by atoms with Crippen molar-refractivity contribution in [3.63, 3.8) is 0 Å². The minimum absolute atomic E-state index is 0.0568. The van der Waals surface area contributed by atoms with Crippen LogP contribution in [0.3, 0.4) is 0 Å². The lowest BCUT2D eigenvalue weighted by Gasteiger charge is -2.09. The lowest BCUT2D eigenvalue weighted by atomic mass is 10.2. The van der Waals surface area contributed by atoms with Gasteiger partial charge in [-0.25, -0.2) is 8.42 Å². The zero-order chi connectivity index (χ0) is 14.8. The standard InChI is InChI=1S/C11H9ClN4O2S2/c12-8-4-3-7(11(13)19)6-9(8)20(17,18)16-10-2-1-5-14-15-10/h1-6H,(H2,13,19)(H,15,16). The SMILES string of the molecule is NC(=S)c1ccc(Cl)c(S(=O)(=O)Nc2cccnn2)c1. The molecule has 3 N–H and O–H groups in total. The molecule has 0 amide bonds. The van der Waals surface area contributed by atoms with Crippen LogP contribution in [0.4, 0.5) is 5.82 Å². The van der Waals surface area contributed by atoms with Crippen LogP contribution in [0.2, 0.25) is 5.02 Å². The number of halogens is 1. The normalized spacial score (nSPS) is 11.1. The van der Waals surface area contributed by atoms with Gasteiger partial charge >= 0.3 is 0 Å². The second kappa shape index (κ2) is 5.70. The number of sulfonamides is 1. The molecule has 104 valence electrons. The number of anilines is 1. The molecule has 0 fully saturated rings. The van der Waals surface area contributed by atoms with E-state index < -0.39 is 10.0 Å². The summed E-state index contributed by atoms with van der Waals surface area (Å²) in [5, 5.41) is 7.28. The van der Waals surface area contributed by atoms with Gasteiger partial charge in [-0.15, -0.1) is 5.10 Å². The Morgan fingerprint density at radius 3 is 2.70 bits per heavy atom. The number of nitrogens with one attached hydrogen (secondary N) is 1. The third-order valence-corrected chi connectivity index (χ3v) is 4.39. The number of thiocarbonyl (C=S) groups is 1. The van der Waals surface area contributed by atoms with Crippen LogP contribution in [-0.4, -0.2) is 23.6 Å². The smallest absolute Gasteiger partial charge is 0.264 e. The van der Waals surface area contributed by atoms with Crippen molar-refractivity contribution < 1.29 is 8.42 Å². The summed E-state index contributed by atoms with van der Waals surface area (Å²) in [5.41, 5.74) is 5.89. The molecule has 2 rings (SSSR count). The third-order valence-electron chi connectivity index (χ3n) is 2.32. The summed E-state index contributed by atoms with van der Waals surface area (Å²) in [7, 11) is -3.90. The topological polar surface area (TPSA) is 98.0 Å². The van der Waals surface area contributed by atoms with E-state index in [9.17, 15) is 8.42 Å². The minimum atomic E-state index is -3.90. The van der Waals surface area contributed by atoms with Crippen molar-refractivity contribution in [2.75, 3.05) is 4.72 Å². The van der Waals surface area contributed by atoms with Gasteiger partial charge in [0.05, 0.1) is 5.02 Å². The van der Waals surface area contributed by atoms with Crippen LogP contribution in [0.15, 0.2) is 41.4 Å². The molecule has 0 saturated heterocycles. The van der Waals surface area contributed by atoms with Crippen molar-refractivity contribution in [2.24, 2.45) is 5.73 Å². The fraction of sp³-hybridized carbons (Fsp3) is 0. The highest BCUT2D eigenvalue weighted by Gasteiger charge is 2.19. The molecular weight excluding hydrogens is 320 g/mol. The number of hydrogen-bond acceptors (Lipinski definition) is 5. The summed E-state index contributed by atoms with van der Waals surface area (Å²) in [6, 6.07) is 7.30. The molecule has 1 heterocycles. The Bertz CT molecular complexity index is 750. The van der Waals surface area contributed by atoms with Crippen molar-refractivity contribution in [3.8, 4) is 0 Å². The predicted octanol–water partition coefficient (Wildman–Crippen LogP) is 1.57. The van der Waals surface area contributed by atoms with Gasteiger partial charge in [0, 0.05) is 11.8 Å². The van der Waals surface area contributed by atoms with Crippen molar-refractivity contribution >= 4 is 44.6 Å². The first-order valence-electron chi connectivity index (χ1n) is 5.30. The number of nitrogens with two attached hydrogens (primary N) is 1. The van der Waals surface area contributed by atoms with Crippen LogP contribution in [0.25, 0.3) is 0 Å². The first kappa shape index (κ1) is 14.6. The Morgan fingerprint density at radius 1 is 1.35 bits per heavy atom. The fourth-order valence-electron chi connectivity index (χ4n) is 1.41. The largest absolute Gasteiger partial charge is 0.389 e. The van der Waals surface area contributed by atoms with Gasteiger partial charge in [0.15, 0.2) is 5.82 Å². The third kappa shape index (κ3) is 3.21. The summed E-state index contributed by atoms with van der Waals surface area (Å²) >= 11 is 10.7. The zero-order valence-corrected chi connectivity index (χ0v) is 12.3. The summed E-state index contributed by atoms with van der Waals surface area (Å²) in [4.78, 5) is -0.0484. The summed E-state index contributed by atoms with van der Waals surface area (Å²) in [5.74, 6) is 0.0873. The van der Waals surface area contributed by atoms with E-state index in [1.54, 1.807) is 12.1 Å². The first-order valence-corrected chi connectivity index (χ1v) is 7.57. The van der Waals surface area contributed by atoms with Crippen molar-refractivity contribution in [3.05, 3.63) is 47.1 Å². The Hall–Kier alpha value is -1.77. The van der Waals surface area contributed by atoms with Gasteiger partial charge in [-0.05, 0) is 24.3 Å². The molecule has 20 heavy (non-hydrogen) atoms. The summed E-state index contributed by atoms with van der Waals surface area (Å²) < 4.78 is 26.8. The highest BCUT2D eigenvalue weighted by atomic mass is 35.5. The van der Waals surface area contributed by atoms with E-state index in [0.29, 0.717) is 5.56 Å². The molecule has 0 bridgehead atoms. The van der Waals surface area contributed by atoms with E-state index in [2.05, 4.69) is 14.9 Å². The van der Waals surface area contributed by atoms with Crippen LogP contribution >= 0.6 is 23.8 Å². The van der Waals surface area contributed by atoms with Crippen LogP contribution in [-0.2, 0) is 10.0 Å². The lowest BCUT2D eigenvalue weighted by molar-refractivity contribution is 0.601. The Morgan fingerprint density at radius 2 is 2.10 bits per heavy atom. The molecule has 0 saturated carbocycles. The second-order valence-corrected chi connectivity index (χ2v) is 6.22. The molecule has 9 heteroatoms. The average molecular weight is 329 g/mol. The second-order valence-electron chi connectivity index (χ2n) is 3.72. The van der Waals surface area contributed by atoms with E-state index in [1.807, 2.05) is 0 Å². The monoisotopic (exact) mass is 328 g/mol. The summed E-state index contributed by atoms with van der Waals surface area (Å²) in [6.07, 6.45) is 1.43. The first-order chi connectivity index (χ1) is 9.40. The number of benzene rings is 1. The van der Waals surface area contributed by atoms with E-state index >= 15 is 0 Å². The molecule has 1 aromatic carbocycles. The molecule has 0 radical (unpaired) electrons. The van der Waals surface area contributed by atoms with E-state index in [0.717, 1.165) is 0 Å². The van der Waals surface area contributed by atoms with E-state index in [1.165, 1.54) is 24.4 Å². The highest BCUT2D eigenvalue weighted by Crippen LogP contribution is 2.24. The quantitative estimate of drug-likeness (QED) is 0.827. The molecule has 0 aliphatic carbocycles. The molecular formula is C11H9ClN4O2S2. The highest BCUT2D eigenvalue weighted by molar-refractivity contribution is 7.92. The average Bonchev–Trinajstić information content (AvgIpc) is 2.39. The molecule has 1 aromatic heterocycles. The van der Waals surface area contributed by atoms with Gasteiger partial charge in [-0.2, -0.15) is 5.10 Å². The molecule has 6 nitrogen and oxygen atoms in total. The number of nitrogens with zero attached hydrogens (tertiary/aromatic N) is 2. The van der Waals surface area contributed by atoms with Crippen molar-refractivity contribution in [1.82, 2.24) is 10.2 Å². The Labute approximate surface area is 126 Å². The van der Waals surface area contributed by atoms with Gasteiger partial charge in [0.2, 0.25) is 0 Å². The van der Waals surface area contributed by atoms with Crippen molar-refractivity contribution in [2.45, 2.75) is 4.90 Å². The maximum Gasteiger partial charge on any atom is 0.264 e. The maximum atomic E-state index is 12.2.